The summed E-state index contributed by atoms with van der Waals surface area (Å²) < 4.78 is 11.3. The number of Topliss-reactive ketones (excluding diaryl/α,β-unsaturated/α-hetero) is 1. The first-order chi connectivity index (χ1) is 13.0. The number of hydrogen-bond donors (Lipinski definition) is 2. The Kier molecular flexibility index (Phi) is 5.45. The van der Waals surface area contributed by atoms with E-state index < -0.39 is 6.04 Å². The number of ether oxygens (including phenoxy) is 2. The Morgan fingerprint density at radius 3 is 2.52 bits per heavy atom. The molecular formula is C21H22N2O4. The van der Waals surface area contributed by atoms with Gasteiger partial charge in [0.2, 0.25) is 0 Å². The number of allylic oxidation sites excluding steroid dienone is 1. The van der Waals surface area contributed by atoms with Crippen LogP contribution in [0, 0.1) is 0 Å². The second-order valence-corrected chi connectivity index (χ2v) is 6.31. The van der Waals surface area contributed by atoms with Gasteiger partial charge in [0.1, 0.15) is 6.61 Å². The van der Waals surface area contributed by atoms with Crippen LogP contribution in [-0.4, -0.2) is 18.9 Å². The van der Waals surface area contributed by atoms with E-state index in [1.54, 1.807) is 26.2 Å². The number of rotatable bonds is 6. The molecule has 0 bridgehead atoms. The summed E-state index contributed by atoms with van der Waals surface area (Å²) in [5.74, 6) is 1.03. The Hall–Kier alpha value is -3.28. The van der Waals surface area contributed by atoms with Crippen molar-refractivity contribution in [2.24, 2.45) is 0 Å². The molecule has 0 radical (unpaired) electrons. The fourth-order valence-corrected chi connectivity index (χ4v) is 3.13. The first-order valence-electron chi connectivity index (χ1n) is 8.63. The highest BCUT2D eigenvalue weighted by Gasteiger charge is 2.29. The maximum atomic E-state index is 12.1. The predicted molar refractivity (Wildman–Crippen MR) is 102 cm³/mol. The van der Waals surface area contributed by atoms with Crippen LogP contribution in [0.1, 0.15) is 31.0 Å². The molecule has 6 nitrogen and oxygen atoms in total. The molecule has 2 aromatic rings. The lowest BCUT2D eigenvalue weighted by molar-refractivity contribution is -0.114. The number of nitrogens with one attached hydrogen (secondary N) is 2. The number of methoxy groups -OCH3 is 1. The van der Waals surface area contributed by atoms with Gasteiger partial charge in [0.05, 0.1) is 13.2 Å². The van der Waals surface area contributed by atoms with Crippen LogP contribution < -0.4 is 20.1 Å². The molecule has 6 heteroatoms. The molecule has 140 valence electrons. The SMILES string of the molecule is COc1cc([C@H]2NC(=O)NC(C)=C2C(C)=O)ccc1OCc1ccccc1. The van der Waals surface area contributed by atoms with Gasteiger partial charge in [0.15, 0.2) is 17.3 Å². The topological polar surface area (TPSA) is 76.7 Å². The molecule has 27 heavy (non-hydrogen) atoms. The maximum Gasteiger partial charge on any atom is 0.319 e. The van der Waals surface area contributed by atoms with Crippen LogP contribution >= 0.6 is 0 Å². The third-order valence-electron chi connectivity index (χ3n) is 4.41. The molecule has 1 heterocycles. The third kappa shape index (κ3) is 4.11. The minimum Gasteiger partial charge on any atom is -0.493 e. The van der Waals surface area contributed by atoms with E-state index in [-0.39, 0.29) is 11.8 Å². The quantitative estimate of drug-likeness (QED) is 0.820. The molecule has 0 fully saturated rings. The predicted octanol–water partition coefficient (Wildman–Crippen LogP) is 3.49. The summed E-state index contributed by atoms with van der Waals surface area (Å²) in [6, 6.07) is 14.4. The van der Waals surface area contributed by atoms with E-state index in [2.05, 4.69) is 10.6 Å². The highest BCUT2D eigenvalue weighted by Crippen LogP contribution is 2.34. The van der Waals surface area contributed by atoms with Crippen LogP contribution in [0.4, 0.5) is 4.79 Å². The molecule has 0 aromatic heterocycles. The smallest absolute Gasteiger partial charge is 0.319 e. The van der Waals surface area contributed by atoms with Gasteiger partial charge in [-0.25, -0.2) is 4.79 Å². The monoisotopic (exact) mass is 366 g/mol. The van der Waals surface area contributed by atoms with Crippen molar-refractivity contribution in [2.45, 2.75) is 26.5 Å². The molecule has 1 aliphatic rings. The summed E-state index contributed by atoms with van der Waals surface area (Å²) >= 11 is 0. The lowest BCUT2D eigenvalue weighted by atomic mass is 9.93. The first-order valence-corrected chi connectivity index (χ1v) is 8.63. The maximum absolute atomic E-state index is 12.1. The Morgan fingerprint density at radius 1 is 1.11 bits per heavy atom. The van der Waals surface area contributed by atoms with Crippen LogP contribution in [0.3, 0.4) is 0 Å². The molecule has 0 saturated carbocycles. The molecule has 0 aliphatic carbocycles. The van der Waals surface area contributed by atoms with Crippen molar-refractivity contribution in [3.8, 4) is 11.5 Å². The van der Waals surface area contributed by atoms with Crippen LogP contribution in [0.2, 0.25) is 0 Å². The summed E-state index contributed by atoms with van der Waals surface area (Å²) in [5, 5.41) is 5.44. The van der Waals surface area contributed by atoms with Crippen molar-refractivity contribution in [3.63, 3.8) is 0 Å². The summed E-state index contributed by atoms with van der Waals surface area (Å²) in [6.07, 6.45) is 0. The number of benzene rings is 2. The largest absolute Gasteiger partial charge is 0.493 e. The summed E-state index contributed by atoms with van der Waals surface area (Å²) in [5.41, 5.74) is 2.87. The van der Waals surface area contributed by atoms with Gasteiger partial charge >= 0.3 is 6.03 Å². The Bertz CT molecular complexity index is 890. The van der Waals surface area contributed by atoms with Crippen LogP contribution in [-0.2, 0) is 11.4 Å². The second-order valence-electron chi connectivity index (χ2n) is 6.31. The van der Waals surface area contributed by atoms with Gasteiger partial charge in [0, 0.05) is 11.3 Å². The molecule has 2 amide bonds. The van der Waals surface area contributed by atoms with Crippen molar-refractivity contribution in [1.29, 1.82) is 0 Å². The lowest BCUT2D eigenvalue weighted by Gasteiger charge is -2.28. The molecule has 0 saturated heterocycles. The van der Waals surface area contributed by atoms with Gasteiger partial charge in [-0.05, 0) is 37.1 Å². The van der Waals surface area contributed by atoms with E-state index in [0.29, 0.717) is 29.4 Å². The Morgan fingerprint density at radius 2 is 1.85 bits per heavy atom. The normalized spacial score (nSPS) is 16.4. The molecule has 1 atom stereocenters. The van der Waals surface area contributed by atoms with Gasteiger partial charge in [-0.15, -0.1) is 0 Å². The number of amides is 2. The van der Waals surface area contributed by atoms with Crippen molar-refractivity contribution in [2.75, 3.05) is 7.11 Å². The Labute approximate surface area is 158 Å². The fourth-order valence-electron chi connectivity index (χ4n) is 3.13. The Balaban J connectivity index is 1.88. The molecule has 3 rings (SSSR count). The van der Waals surface area contributed by atoms with E-state index in [0.717, 1.165) is 11.1 Å². The van der Waals surface area contributed by atoms with E-state index in [9.17, 15) is 9.59 Å². The molecular weight excluding hydrogens is 344 g/mol. The molecule has 2 aromatic carbocycles. The number of ketones is 1. The summed E-state index contributed by atoms with van der Waals surface area (Å²) in [4.78, 5) is 24.0. The summed E-state index contributed by atoms with van der Waals surface area (Å²) in [7, 11) is 1.56. The minimum atomic E-state index is -0.534. The average molecular weight is 366 g/mol. The van der Waals surface area contributed by atoms with E-state index in [1.807, 2.05) is 36.4 Å². The average Bonchev–Trinajstić information content (AvgIpc) is 2.66. The van der Waals surface area contributed by atoms with Gasteiger partial charge in [-0.3, -0.25) is 4.79 Å². The van der Waals surface area contributed by atoms with Gasteiger partial charge in [-0.2, -0.15) is 0 Å². The molecule has 0 unspecified atom stereocenters. The van der Waals surface area contributed by atoms with Gasteiger partial charge in [0.25, 0.3) is 0 Å². The van der Waals surface area contributed by atoms with E-state index in [1.165, 1.54) is 6.92 Å². The standard InChI is InChI=1S/C21H22N2O4/c1-13-19(14(2)24)20(23-21(25)22-13)16-9-10-17(18(11-16)26-3)27-12-15-7-5-4-6-8-15/h4-11,20H,12H2,1-3H3,(H2,22,23,25)/t20-/m1/s1. The molecule has 0 spiro atoms. The zero-order chi connectivity index (χ0) is 19.4. The van der Waals surface area contributed by atoms with Crippen molar-refractivity contribution >= 4 is 11.8 Å². The fraction of sp³-hybridized carbons (Fsp3) is 0.238. The van der Waals surface area contributed by atoms with Crippen LogP contribution in [0.5, 0.6) is 11.5 Å². The van der Waals surface area contributed by atoms with Crippen molar-refractivity contribution in [3.05, 3.63) is 70.9 Å². The number of carbonyl (C=O) groups is 2. The number of carbonyl (C=O) groups excluding carboxylic acids is 2. The number of urea groups is 1. The zero-order valence-electron chi connectivity index (χ0n) is 15.5. The minimum absolute atomic E-state index is 0.103. The zero-order valence-corrected chi connectivity index (χ0v) is 15.5. The van der Waals surface area contributed by atoms with Crippen LogP contribution in [0.15, 0.2) is 59.8 Å². The van der Waals surface area contributed by atoms with Gasteiger partial charge in [-0.1, -0.05) is 36.4 Å². The van der Waals surface area contributed by atoms with Crippen molar-refractivity contribution < 1.29 is 19.1 Å². The van der Waals surface area contributed by atoms with Gasteiger partial charge < -0.3 is 20.1 Å². The second kappa shape index (κ2) is 7.95. The molecule has 2 N–H and O–H groups in total. The lowest BCUT2D eigenvalue weighted by Crippen LogP contribution is -2.44. The van der Waals surface area contributed by atoms with Crippen molar-refractivity contribution in [1.82, 2.24) is 10.6 Å². The first kappa shape index (κ1) is 18.5. The summed E-state index contributed by atoms with van der Waals surface area (Å²) in [6.45, 7) is 3.62. The highest BCUT2D eigenvalue weighted by atomic mass is 16.5. The molecule has 1 aliphatic heterocycles. The van der Waals surface area contributed by atoms with E-state index in [4.69, 9.17) is 9.47 Å². The third-order valence-corrected chi connectivity index (χ3v) is 4.41. The number of hydrogen-bond acceptors (Lipinski definition) is 4. The highest BCUT2D eigenvalue weighted by molar-refractivity contribution is 5.98. The van der Waals surface area contributed by atoms with E-state index >= 15 is 0 Å². The van der Waals surface area contributed by atoms with Crippen LogP contribution in [0.25, 0.3) is 0 Å².